The molecule has 2 bridgehead atoms. The van der Waals surface area contributed by atoms with Gasteiger partial charge in [0, 0.05) is 43.7 Å². The molecule has 1 aromatic carbocycles. The summed E-state index contributed by atoms with van der Waals surface area (Å²) in [6.07, 6.45) is 0.971. The van der Waals surface area contributed by atoms with E-state index < -0.39 is 10.0 Å². The van der Waals surface area contributed by atoms with E-state index in [-0.39, 0.29) is 17.9 Å². The highest BCUT2D eigenvalue weighted by Crippen LogP contribution is 2.29. The molecule has 8 heteroatoms. The second-order valence-electron chi connectivity index (χ2n) is 7.19. The molecule has 0 aliphatic carbocycles. The molecule has 0 radical (unpaired) electrons. The van der Waals surface area contributed by atoms with Crippen LogP contribution in [0.2, 0.25) is 0 Å². The molecule has 136 valence electrons. The van der Waals surface area contributed by atoms with Gasteiger partial charge in [-0.2, -0.15) is 4.31 Å². The van der Waals surface area contributed by atoms with E-state index in [0.717, 1.165) is 17.8 Å². The minimum Gasteiger partial charge on any atom is -0.379 e. The van der Waals surface area contributed by atoms with Crippen LogP contribution in [0.4, 0.5) is 5.69 Å². The Morgan fingerprint density at radius 2 is 2.00 bits per heavy atom. The first-order chi connectivity index (χ1) is 11.9. The zero-order chi connectivity index (χ0) is 17.6. The predicted octanol–water partition coefficient (Wildman–Crippen LogP) is 0.522. The summed E-state index contributed by atoms with van der Waals surface area (Å²) in [5.74, 6) is 0.163. The molecule has 25 heavy (non-hydrogen) atoms. The van der Waals surface area contributed by atoms with Crippen molar-refractivity contribution in [2.24, 2.45) is 5.92 Å². The number of carbonyl (C=O) groups is 1. The van der Waals surface area contributed by atoms with Crippen LogP contribution in [0.5, 0.6) is 0 Å². The van der Waals surface area contributed by atoms with Crippen LogP contribution in [0, 0.1) is 5.92 Å². The standard InChI is InChI=1S/C17H23N3O4S/c1-19-7-12-8-20(9-14(19)11-24-10-12)25(22,23)15-3-4-16-13(6-15)2-5-17(21)18-16/h3-4,6,12,14H,2,5,7-11H2,1H3,(H,18,21)/t12-,14+/m1/s1. The summed E-state index contributed by atoms with van der Waals surface area (Å²) in [4.78, 5) is 14.0. The topological polar surface area (TPSA) is 79.0 Å². The van der Waals surface area contributed by atoms with E-state index in [4.69, 9.17) is 4.74 Å². The molecule has 1 N–H and O–H groups in total. The Bertz CT molecular complexity index is 795. The fourth-order valence-corrected chi connectivity index (χ4v) is 5.48. The summed E-state index contributed by atoms with van der Waals surface area (Å²) in [6, 6.07) is 5.10. The van der Waals surface area contributed by atoms with Gasteiger partial charge in [-0.3, -0.25) is 9.69 Å². The molecule has 1 aromatic rings. The van der Waals surface area contributed by atoms with Crippen molar-refractivity contribution in [3.8, 4) is 0 Å². The molecule has 7 nitrogen and oxygen atoms in total. The molecule has 2 atom stereocenters. The molecule has 4 rings (SSSR count). The molecule has 0 aromatic heterocycles. The van der Waals surface area contributed by atoms with Crippen molar-refractivity contribution in [2.45, 2.75) is 23.8 Å². The monoisotopic (exact) mass is 365 g/mol. The average Bonchev–Trinajstić information content (AvgIpc) is 2.83. The summed E-state index contributed by atoms with van der Waals surface area (Å²) in [7, 11) is -1.53. The van der Waals surface area contributed by atoms with Gasteiger partial charge < -0.3 is 10.1 Å². The molecule has 0 spiro atoms. The summed E-state index contributed by atoms with van der Waals surface area (Å²) < 4.78 is 33.7. The molecule has 2 fully saturated rings. The summed E-state index contributed by atoms with van der Waals surface area (Å²) in [5, 5.41) is 2.80. The highest BCUT2D eigenvalue weighted by Gasteiger charge is 2.37. The van der Waals surface area contributed by atoms with Crippen molar-refractivity contribution in [3.63, 3.8) is 0 Å². The van der Waals surface area contributed by atoms with Gasteiger partial charge >= 0.3 is 0 Å². The van der Waals surface area contributed by atoms with Crippen molar-refractivity contribution >= 4 is 21.6 Å². The van der Waals surface area contributed by atoms with Crippen LogP contribution in [0.25, 0.3) is 0 Å². The average molecular weight is 365 g/mol. The van der Waals surface area contributed by atoms with Crippen molar-refractivity contribution in [1.29, 1.82) is 0 Å². The number of sulfonamides is 1. The quantitative estimate of drug-likeness (QED) is 0.827. The lowest BCUT2D eigenvalue weighted by Gasteiger charge is -2.29. The summed E-state index contributed by atoms with van der Waals surface area (Å²) >= 11 is 0. The van der Waals surface area contributed by atoms with Crippen molar-refractivity contribution in [3.05, 3.63) is 23.8 Å². The highest BCUT2D eigenvalue weighted by molar-refractivity contribution is 7.89. The Morgan fingerprint density at radius 1 is 1.16 bits per heavy atom. The number of nitrogens with zero attached hydrogens (tertiary/aromatic N) is 2. The number of aryl methyl sites for hydroxylation is 1. The first-order valence-electron chi connectivity index (χ1n) is 8.64. The number of likely N-dealkylation sites (N-methyl/N-ethyl adjacent to an activating group) is 1. The maximum Gasteiger partial charge on any atom is 0.243 e. The number of benzene rings is 1. The maximum atomic E-state index is 13.2. The lowest BCUT2D eigenvalue weighted by molar-refractivity contribution is -0.116. The van der Waals surface area contributed by atoms with Crippen LogP contribution in [0.1, 0.15) is 12.0 Å². The van der Waals surface area contributed by atoms with Crippen LogP contribution in [-0.4, -0.2) is 69.5 Å². The number of carbonyl (C=O) groups excluding carboxylic acids is 1. The van der Waals surface area contributed by atoms with E-state index in [1.807, 2.05) is 7.05 Å². The number of anilines is 1. The Balaban J connectivity index is 1.64. The predicted molar refractivity (Wildman–Crippen MR) is 92.9 cm³/mol. The van der Waals surface area contributed by atoms with Gasteiger partial charge in [0.05, 0.1) is 18.1 Å². The molecular formula is C17H23N3O4S. The Kier molecular flexibility index (Phi) is 4.31. The molecule has 0 unspecified atom stereocenters. The molecule has 1 amide bonds. The van der Waals surface area contributed by atoms with Gasteiger partial charge in [-0.15, -0.1) is 0 Å². The van der Waals surface area contributed by atoms with E-state index in [1.54, 1.807) is 22.5 Å². The molecule has 3 aliphatic rings. The van der Waals surface area contributed by atoms with E-state index in [0.29, 0.717) is 44.0 Å². The van der Waals surface area contributed by atoms with E-state index in [9.17, 15) is 13.2 Å². The SMILES string of the molecule is CN1C[C@H]2COC[C@@H]1CN(S(=O)(=O)c1ccc3c(c1)CCC(=O)N3)C2. The number of hydrogen-bond acceptors (Lipinski definition) is 5. The van der Waals surface area contributed by atoms with Crippen LogP contribution >= 0.6 is 0 Å². The Labute approximate surface area is 148 Å². The van der Waals surface area contributed by atoms with Gasteiger partial charge in [-0.25, -0.2) is 8.42 Å². The zero-order valence-electron chi connectivity index (χ0n) is 14.3. The summed E-state index contributed by atoms with van der Waals surface area (Å²) in [5.41, 5.74) is 1.60. The number of ether oxygens (including phenoxy) is 1. The van der Waals surface area contributed by atoms with Crippen LogP contribution < -0.4 is 5.32 Å². The maximum absolute atomic E-state index is 13.2. The lowest BCUT2D eigenvalue weighted by atomic mass is 10.0. The van der Waals surface area contributed by atoms with Gasteiger partial charge in [0.25, 0.3) is 0 Å². The van der Waals surface area contributed by atoms with E-state index in [2.05, 4.69) is 10.2 Å². The van der Waals surface area contributed by atoms with Crippen molar-refractivity contribution < 1.29 is 17.9 Å². The van der Waals surface area contributed by atoms with Gasteiger partial charge in [-0.1, -0.05) is 0 Å². The number of fused-ring (bicyclic) bond motifs is 4. The third-order valence-electron chi connectivity index (χ3n) is 5.32. The Morgan fingerprint density at radius 3 is 2.84 bits per heavy atom. The number of hydrogen-bond donors (Lipinski definition) is 1. The fraction of sp³-hybridized carbons (Fsp3) is 0.588. The van der Waals surface area contributed by atoms with E-state index in [1.165, 1.54) is 0 Å². The van der Waals surface area contributed by atoms with Gasteiger partial charge in [-0.05, 0) is 37.2 Å². The molecule has 0 saturated carbocycles. The zero-order valence-corrected chi connectivity index (χ0v) is 15.1. The van der Waals surface area contributed by atoms with E-state index >= 15 is 0 Å². The third kappa shape index (κ3) is 3.19. The second-order valence-corrected chi connectivity index (χ2v) is 9.12. The molecule has 3 heterocycles. The highest BCUT2D eigenvalue weighted by atomic mass is 32.2. The minimum absolute atomic E-state index is 0.0218. The molecule has 2 saturated heterocycles. The van der Waals surface area contributed by atoms with Crippen LogP contribution in [0.15, 0.2) is 23.1 Å². The smallest absolute Gasteiger partial charge is 0.243 e. The second kappa shape index (κ2) is 6.35. The number of amides is 1. The third-order valence-corrected chi connectivity index (χ3v) is 7.15. The minimum atomic E-state index is -3.56. The van der Waals surface area contributed by atoms with Crippen LogP contribution in [0.3, 0.4) is 0 Å². The number of rotatable bonds is 2. The first-order valence-corrected chi connectivity index (χ1v) is 10.1. The molecular weight excluding hydrogens is 342 g/mol. The normalized spacial score (nSPS) is 28.1. The largest absolute Gasteiger partial charge is 0.379 e. The van der Waals surface area contributed by atoms with Crippen molar-refractivity contribution in [2.75, 3.05) is 45.2 Å². The first kappa shape index (κ1) is 17.0. The van der Waals surface area contributed by atoms with Gasteiger partial charge in [0.2, 0.25) is 15.9 Å². The van der Waals surface area contributed by atoms with Crippen LogP contribution in [-0.2, 0) is 26.0 Å². The lowest BCUT2D eigenvalue weighted by Crippen LogP contribution is -2.44. The van der Waals surface area contributed by atoms with Gasteiger partial charge in [0.1, 0.15) is 0 Å². The van der Waals surface area contributed by atoms with Gasteiger partial charge in [0.15, 0.2) is 0 Å². The van der Waals surface area contributed by atoms with Crippen molar-refractivity contribution in [1.82, 2.24) is 9.21 Å². The Hall–Kier alpha value is -1.48. The summed E-state index contributed by atoms with van der Waals surface area (Å²) in [6.45, 7) is 2.95. The number of nitrogens with one attached hydrogen (secondary N) is 1. The molecule has 3 aliphatic heterocycles. The fourth-order valence-electron chi connectivity index (χ4n) is 3.87.